The average molecular weight is 515 g/mol. The maximum atomic E-state index is 13.1. The number of benzene rings is 1. The molecule has 8 nitrogen and oxygen atoms in total. The van der Waals surface area contributed by atoms with Crippen molar-refractivity contribution < 1.29 is 45.4 Å². The average Bonchev–Trinajstić information content (AvgIpc) is 3.20. The van der Waals surface area contributed by atoms with Crippen LogP contribution in [-0.4, -0.2) is 53.8 Å². The number of ether oxygens (including phenoxy) is 3. The predicted molar refractivity (Wildman–Crippen MR) is 116 cm³/mol. The fourth-order valence-corrected chi connectivity index (χ4v) is 3.30. The van der Waals surface area contributed by atoms with Crippen LogP contribution < -0.4 is 19.5 Å². The maximum absolute atomic E-state index is 13.1. The molecule has 2 heterocycles. The van der Waals surface area contributed by atoms with Crippen LogP contribution in [0.2, 0.25) is 0 Å². The number of fused-ring (bicyclic) bond motifs is 1. The van der Waals surface area contributed by atoms with E-state index in [1.165, 1.54) is 37.4 Å². The quantitative estimate of drug-likeness (QED) is 0.389. The number of hydrogen-bond donors (Lipinski definition) is 1. The summed E-state index contributed by atoms with van der Waals surface area (Å²) in [5, 5.41) is 2.66. The van der Waals surface area contributed by atoms with Gasteiger partial charge in [-0.25, -0.2) is 18.7 Å². The molecular formula is C23H22F5N3O5. The van der Waals surface area contributed by atoms with Crippen LogP contribution in [0.5, 0.6) is 17.4 Å². The van der Waals surface area contributed by atoms with Gasteiger partial charge in [0.05, 0.1) is 30.3 Å². The van der Waals surface area contributed by atoms with E-state index in [4.69, 9.17) is 18.6 Å². The van der Waals surface area contributed by atoms with Crippen LogP contribution in [0, 0.1) is 5.92 Å². The summed E-state index contributed by atoms with van der Waals surface area (Å²) in [4.78, 5) is 19.5. The van der Waals surface area contributed by atoms with E-state index in [-0.39, 0.29) is 66.0 Å². The third-order valence-corrected chi connectivity index (χ3v) is 5.16. The zero-order valence-electron chi connectivity index (χ0n) is 19.2. The van der Waals surface area contributed by atoms with Crippen LogP contribution in [-0.2, 0) is 4.79 Å². The van der Waals surface area contributed by atoms with E-state index in [1.54, 1.807) is 6.92 Å². The molecule has 13 heteroatoms. The summed E-state index contributed by atoms with van der Waals surface area (Å²) in [7, 11) is 0. The van der Waals surface area contributed by atoms with Gasteiger partial charge in [0.25, 0.3) is 5.92 Å². The number of halogens is 5. The number of aromatic nitrogens is 2. The summed E-state index contributed by atoms with van der Waals surface area (Å²) in [5.41, 5.74) is 0.659. The number of pyridine rings is 1. The molecule has 36 heavy (non-hydrogen) atoms. The van der Waals surface area contributed by atoms with Gasteiger partial charge in [0.1, 0.15) is 23.6 Å². The van der Waals surface area contributed by atoms with Crippen LogP contribution in [0.25, 0.3) is 22.6 Å². The third-order valence-electron chi connectivity index (χ3n) is 5.16. The van der Waals surface area contributed by atoms with E-state index < -0.39 is 24.6 Å². The standard InChI is InChI=1S/C23H22F5N3O5/c1-12(30-13(2)32)9-34-20-6-19-17(8-29-20)31-21(36-19)16-4-3-15(33-10-14-7-22(14,24)25)5-18(16)35-11-23(26,27)28/h3-6,8,12,14H,7,9-11H2,1-2H3,(H,30,32)/t12-,14+/m0/s1. The van der Waals surface area contributed by atoms with Gasteiger partial charge in [0.2, 0.25) is 17.7 Å². The second-order valence-corrected chi connectivity index (χ2v) is 8.46. The van der Waals surface area contributed by atoms with Crippen molar-refractivity contribution in [3.63, 3.8) is 0 Å². The molecule has 1 amide bonds. The van der Waals surface area contributed by atoms with Crippen molar-refractivity contribution >= 4 is 17.0 Å². The molecule has 0 saturated heterocycles. The molecule has 0 unspecified atom stereocenters. The van der Waals surface area contributed by atoms with E-state index in [2.05, 4.69) is 15.3 Å². The van der Waals surface area contributed by atoms with E-state index in [0.717, 1.165) is 0 Å². The van der Waals surface area contributed by atoms with E-state index in [0.29, 0.717) is 5.52 Å². The Morgan fingerprint density at radius 3 is 2.67 bits per heavy atom. The zero-order chi connectivity index (χ0) is 26.1. The molecule has 1 saturated carbocycles. The molecule has 2 aromatic heterocycles. The summed E-state index contributed by atoms with van der Waals surface area (Å²) in [6.07, 6.45) is -3.54. The lowest BCUT2D eigenvalue weighted by molar-refractivity contribution is -0.153. The molecule has 1 fully saturated rings. The molecule has 1 aliphatic carbocycles. The van der Waals surface area contributed by atoms with Crippen molar-refractivity contribution in [2.75, 3.05) is 19.8 Å². The minimum absolute atomic E-state index is 0.0481. The summed E-state index contributed by atoms with van der Waals surface area (Å²) >= 11 is 0. The number of nitrogens with one attached hydrogen (secondary N) is 1. The minimum Gasteiger partial charge on any atom is -0.493 e. The highest BCUT2D eigenvalue weighted by molar-refractivity contribution is 5.78. The fourth-order valence-electron chi connectivity index (χ4n) is 3.30. The lowest BCUT2D eigenvalue weighted by Gasteiger charge is -2.14. The molecule has 1 N–H and O–H groups in total. The molecule has 1 aromatic carbocycles. The molecule has 0 radical (unpaired) electrons. The SMILES string of the molecule is CC(=O)N[C@@H](C)COc1cc2oc(-c3ccc(OC[C@H]4CC4(F)F)cc3OCC(F)(F)F)nc2cn1. The Kier molecular flexibility index (Phi) is 6.92. The monoisotopic (exact) mass is 515 g/mol. The van der Waals surface area contributed by atoms with Crippen molar-refractivity contribution in [2.45, 2.75) is 38.4 Å². The van der Waals surface area contributed by atoms with Gasteiger partial charge in [-0.1, -0.05) is 0 Å². The Labute approximate surface area is 201 Å². The first kappa shape index (κ1) is 25.5. The lowest BCUT2D eigenvalue weighted by atomic mass is 10.2. The molecule has 1 aliphatic rings. The highest BCUT2D eigenvalue weighted by Crippen LogP contribution is 2.48. The fraction of sp³-hybridized carbons (Fsp3) is 0.435. The van der Waals surface area contributed by atoms with Gasteiger partial charge < -0.3 is 23.9 Å². The van der Waals surface area contributed by atoms with Crippen molar-refractivity contribution in [3.8, 4) is 28.8 Å². The smallest absolute Gasteiger partial charge is 0.422 e. The summed E-state index contributed by atoms with van der Waals surface area (Å²) < 4.78 is 86.2. The highest BCUT2D eigenvalue weighted by atomic mass is 19.4. The maximum Gasteiger partial charge on any atom is 0.422 e. The Balaban J connectivity index is 1.54. The Morgan fingerprint density at radius 2 is 2.00 bits per heavy atom. The molecule has 0 bridgehead atoms. The largest absolute Gasteiger partial charge is 0.493 e. The first-order chi connectivity index (χ1) is 16.9. The van der Waals surface area contributed by atoms with Gasteiger partial charge in [-0.2, -0.15) is 13.2 Å². The van der Waals surface area contributed by atoms with Gasteiger partial charge in [-0.3, -0.25) is 4.79 Å². The van der Waals surface area contributed by atoms with Gasteiger partial charge in [-0.05, 0) is 19.1 Å². The molecule has 2 atom stereocenters. The molecular weight excluding hydrogens is 493 g/mol. The first-order valence-corrected chi connectivity index (χ1v) is 10.9. The van der Waals surface area contributed by atoms with E-state index in [9.17, 15) is 26.7 Å². The van der Waals surface area contributed by atoms with Crippen molar-refractivity contribution in [1.82, 2.24) is 15.3 Å². The first-order valence-electron chi connectivity index (χ1n) is 10.9. The van der Waals surface area contributed by atoms with Crippen molar-refractivity contribution in [3.05, 3.63) is 30.5 Å². The van der Waals surface area contributed by atoms with Gasteiger partial charge in [-0.15, -0.1) is 0 Å². The van der Waals surface area contributed by atoms with Crippen LogP contribution >= 0.6 is 0 Å². The van der Waals surface area contributed by atoms with Crippen LogP contribution in [0.3, 0.4) is 0 Å². The number of alkyl halides is 5. The number of carbonyl (C=O) groups excluding carboxylic acids is 1. The Bertz CT molecular complexity index is 1250. The van der Waals surface area contributed by atoms with Gasteiger partial charge in [0.15, 0.2) is 12.2 Å². The second-order valence-electron chi connectivity index (χ2n) is 8.46. The summed E-state index contributed by atoms with van der Waals surface area (Å²) in [6.45, 7) is 1.41. The number of hydrogen-bond acceptors (Lipinski definition) is 7. The molecule has 3 aromatic rings. The van der Waals surface area contributed by atoms with Crippen molar-refractivity contribution in [1.29, 1.82) is 0 Å². The van der Waals surface area contributed by atoms with Crippen LogP contribution in [0.15, 0.2) is 34.9 Å². The van der Waals surface area contributed by atoms with Crippen molar-refractivity contribution in [2.24, 2.45) is 5.92 Å². The van der Waals surface area contributed by atoms with Gasteiger partial charge >= 0.3 is 6.18 Å². The topological polar surface area (TPSA) is 95.7 Å². The third kappa shape index (κ3) is 6.52. The molecule has 4 rings (SSSR count). The van der Waals surface area contributed by atoms with Gasteiger partial charge in [0, 0.05) is 25.5 Å². The Hall–Kier alpha value is -3.64. The normalized spacial score (nSPS) is 17.5. The molecule has 0 aliphatic heterocycles. The number of amides is 1. The Morgan fingerprint density at radius 1 is 1.25 bits per heavy atom. The van der Waals surface area contributed by atoms with E-state index >= 15 is 0 Å². The number of rotatable bonds is 10. The van der Waals surface area contributed by atoms with Crippen LogP contribution in [0.1, 0.15) is 20.3 Å². The number of oxazole rings is 1. The second kappa shape index (κ2) is 9.78. The number of nitrogens with zero attached hydrogens (tertiary/aromatic N) is 2. The highest BCUT2D eigenvalue weighted by Gasteiger charge is 2.57. The summed E-state index contributed by atoms with van der Waals surface area (Å²) in [6, 6.07) is 5.13. The summed E-state index contributed by atoms with van der Waals surface area (Å²) in [5.74, 6) is -3.96. The minimum atomic E-state index is -4.62. The predicted octanol–water partition coefficient (Wildman–Crippen LogP) is 4.77. The lowest BCUT2D eigenvalue weighted by Crippen LogP contribution is -2.35. The van der Waals surface area contributed by atoms with Crippen LogP contribution in [0.4, 0.5) is 22.0 Å². The van der Waals surface area contributed by atoms with E-state index in [1.807, 2.05) is 0 Å². The molecule has 0 spiro atoms. The number of carbonyl (C=O) groups is 1. The molecule has 194 valence electrons. The zero-order valence-corrected chi connectivity index (χ0v) is 19.2.